The van der Waals surface area contributed by atoms with E-state index in [0.29, 0.717) is 0 Å². The lowest BCUT2D eigenvalue weighted by molar-refractivity contribution is 0.901. The number of nitrogens with zero attached hydrogens (tertiary/aromatic N) is 1. The van der Waals surface area contributed by atoms with Gasteiger partial charge in [-0.15, -0.1) is 11.3 Å². The van der Waals surface area contributed by atoms with E-state index < -0.39 is 0 Å². The minimum absolute atomic E-state index is 1.20. The van der Waals surface area contributed by atoms with Gasteiger partial charge in [0.05, 0.1) is 5.69 Å². The second kappa shape index (κ2) is 2.38. The highest BCUT2D eigenvalue weighted by atomic mass is 32.1. The maximum Gasteiger partial charge on any atom is 0.188 e. The molecule has 0 aliphatic heterocycles. The highest BCUT2D eigenvalue weighted by Gasteiger charge is 2.15. The first-order valence-corrected chi connectivity index (χ1v) is 4.50. The van der Waals surface area contributed by atoms with Crippen molar-refractivity contribution in [2.24, 2.45) is 0 Å². The molecule has 0 N–H and O–H groups in total. The molecule has 10 heavy (non-hydrogen) atoms. The fraction of sp³-hybridized carbons (Fsp3) is 0.571. The number of rotatable bonds is 1. The Bertz CT molecular complexity index is 222. The SMILES string of the molecule is C[B]c1nc2c(s1)CCC2. The first kappa shape index (κ1) is 6.41. The number of thiazole rings is 1. The first-order valence-electron chi connectivity index (χ1n) is 3.68. The second-order valence-electron chi connectivity index (χ2n) is 2.56. The zero-order valence-electron chi connectivity index (χ0n) is 6.05. The molecule has 0 atom stereocenters. The van der Waals surface area contributed by atoms with Crippen molar-refractivity contribution in [3.63, 3.8) is 0 Å². The molecule has 0 unspecified atom stereocenters. The summed E-state index contributed by atoms with van der Waals surface area (Å²) >= 11 is 1.86. The van der Waals surface area contributed by atoms with Crippen molar-refractivity contribution in [3.8, 4) is 0 Å². The fourth-order valence-corrected chi connectivity index (χ4v) is 2.37. The van der Waals surface area contributed by atoms with E-state index in [-0.39, 0.29) is 0 Å². The molecule has 1 aliphatic rings. The van der Waals surface area contributed by atoms with E-state index in [1.807, 2.05) is 18.2 Å². The molecule has 0 saturated heterocycles. The Morgan fingerprint density at radius 3 is 3.10 bits per heavy atom. The standard InChI is InChI=1S/C7H9BNS/c1-8-7-9-5-3-2-4-6(5)10-7/h2-4H2,1H3. The van der Waals surface area contributed by atoms with Gasteiger partial charge in [0.25, 0.3) is 0 Å². The summed E-state index contributed by atoms with van der Waals surface area (Å²) in [6.07, 6.45) is 3.79. The molecule has 1 aromatic rings. The van der Waals surface area contributed by atoms with Crippen LogP contribution in [0.5, 0.6) is 0 Å². The summed E-state index contributed by atoms with van der Waals surface area (Å²) in [6.45, 7) is 2.05. The maximum absolute atomic E-state index is 4.47. The monoisotopic (exact) mass is 150 g/mol. The zero-order chi connectivity index (χ0) is 6.97. The third kappa shape index (κ3) is 0.889. The predicted molar refractivity (Wildman–Crippen MR) is 45.4 cm³/mol. The summed E-state index contributed by atoms with van der Waals surface area (Å²) in [4.78, 5) is 7.19. The van der Waals surface area contributed by atoms with Crippen molar-refractivity contribution in [2.75, 3.05) is 0 Å². The Hall–Kier alpha value is -0.305. The third-order valence-electron chi connectivity index (χ3n) is 1.86. The molecule has 1 nitrogen and oxygen atoms in total. The topological polar surface area (TPSA) is 12.9 Å². The molecule has 0 fully saturated rings. The van der Waals surface area contributed by atoms with Crippen LogP contribution in [0.25, 0.3) is 0 Å². The molecule has 2 rings (SSSR count). The number of aromatic nitrogens is 1. The van der Waals surface area contributed by atoms with Crippen molar-refractivity contribution >= 4 is 23.5 Å². The van der Waals surface area contributed by atoms with Gasteiger partial charge in [-0.05, 0) is 19.3 Å². The normalized spacial score (nSPS) is 15.3. The molecule has 1 heterocycles. The van der Waals surface area contributed by atoms with Crippen LogP contribution >= 0.6 is 11.3 Å². The lowest BCUT2D eigenvalue weighted by atomic mass is 9.84. The van der Waals surface area contributed by atoms with Crippen LogP contribution in [0.15, 0.2) is 0 Å². The van der Waals surface area contributed by atoms with Crippen molar-refractivity contribution in [1.29, 1.82) is 0 Å². The highest BCUT2D eigenvalue weighted by molar-refractivity contribution is 7.20. The van der Waals surface area contributed by atoms with E-state index in [1.54, 1.807) is 0 Å². The van der Waals surface area contributed by atoms with E-state index in [9.17, 15) is 0 Å². The Kier molecular flexibility index (Phi) is 1.53. The molecule has 0 aromatic carbocycles. The lowest BCUT2D eigenvalue weighted by Gasteiger charge is -1.84. The molecular weight excluding hydrogens is 141 g/mol. The highest BCUT2D eigenvalue weighted by Crippen LogP contribution is 2.22. The van der Waals surface area contributed by atoms with Gasteiger partial charge in [-0.1, -0.05) is 6.82 Å². The summed E-state index contributed by atoms with van der Waals surface area (Å²) < 4.78 is 0. The first-order chi connectivity index (χ1) is 4.90. The van der Waals surface area contributed by atoms with Gasteiger partial charge < -0.3 is 0 Å². The number of hydrogen-bond donors (Lipinski definition) is 0. The molecule has 3 heteroatoms. The number of fused-ring (bicyclic) bond motifs is 1. The van der Waals surface area contributed by atoms with Gasteiger partial charge in [-0.3, -0.25) is 4.98 Å². The minimum atomic E-state index is 1.20. The molecule has 0 amide bonds. The fourth-order valence-electron chi connectivity index (χ4n) is 1.33. The van der Waals surface area contributed by atoms with Gasteiger partial charge >= 0.3 is 0 Å². The largest absolute Gasteiger partial charge is 0.257 e. The van der Waals surface area contributed by atoms with Crippen LogP contribution < -0.4 is 4.91 Å². The number of hydrogen-bond acceptors (Lipinski definition) is 2. The summed E-state index contributed by atoms with van der Waals surface area (Å²) in [5.74, 6) is 0. The van der Waals surface area contributed by atoms with E-state index in [1.165, 1.54) is 34.7 Å². The van der Waals surface area contributed by atoms with Crippen LogP contribution in [0.3, 0.4) is 0 Å². The predicted octanol–water partition coefficient (Wildman–Crippen LogP) is 1.01. The van der Waals surface area contributed by atoms with Crippen LogP contribution in [-0.4, -0.2) is 12.3 Å². The van der Waals surface area contributed by atoms with Crippen LogP contribution in [0.2, 0.25) is 6.82 Å². The van der Waals surface area contributed by atoms with Crippen molar-refractivity contribution < 1.29 is 0 Å². The van der Waals surface area contributed by atoms with E-state index in [2.05, 4.69) is 12.3 Å². The average molecular weight is 150 g/mol. The Balaban J connectivity index is 2.37. The van der Waals surface area contributed by atoms with Crippen molar-refractivity contribution in [2.45, 2.75) is 26.1 Å². The van der Waals surface area contributed by atoms with E-state index >= 15 is 0 Å². The van der Waals surface area contributed by atoms with E-state index in [4.69, 9.17) is 0 Å². The summed E-state index contributed by atoms with van der Waals surface area (Å²) in [6, 6.07) is 0. The Morgan fingerprint density at radius 2 is 2.40 bits per heavy atom. The molecule has 0 bridgehead atoms. The molecule has 0 spiro atoms. The smallest absolute Gasteiger partial charge is 0.188 e. The van der Waals surface area contributed by atoms with Gasteiger partial charge in [0.1, 0.15) is 0 Å². The van der Waals surface area contributed by atoms with Gasteiger partial charge in [-0.25, -0.2) is 0 Å². The van der Waals surface area contributed by atoms with Crippen molar-refractivity contribution in [3.05, 3.63) is 10.6 Å². The van der Waals surface area contributed by atoms with Crippen LogP contribution in [-0.2, 0) is 12.8 Å². The molecule has 1 aromatic heterocycles. The van der Waals surface area contributed by atoms with Gasteiger partial charge in [0, 0.05) is 9.78 Å². The van der Waals surface area contributed by atoms with Crippen molar-refractivity contribution in [1.82, 2.24) is 4.98 Å². The Labute approximate surface area is 65.7 Å². The summed E-state index contributed by atoms with van der Waals surface area (Å²) in [5.41, 5.74) is 1.36. The van der Waals surface area contributed by atoms with E-state index in [0.717, 1.165) is 0 Å². The molecular formula is C7H9BNS. The van der Waals surface area contributed by atoms with Crippen LogP contribution in [0.1, 0.15) is 17.0 Å². The minimum Gasteiger partial charge on any atom is -0.257 e. The molecule has 1 radical (unpaired) electrons. The van der Waals surface area contributed by atoms with Gasteiger partial charge in [0.15, 0.2) is 7.28 Å². The molecule has 1 aliphatic carbocycles. The molecule has 0 saturated carbocycles. The second-order valence-corrected chi connectivity index (χ2v) is 3.68. The summed E-state index contributed by atoms with van der Waals surface area (Å²) in [7, 11) is 2.09. The van der Waals surface area contributed by atoms with Gasteiger partial charge in [-0.2, -0.15) is 0 Å². The zero-order valence-corrected chi connectivity index (χ0v) is 6.87. The lowest BCUT2D eigenvalue weighted by Crippen LogP contribution is -2.08. The summed E-state index contributed by atoms with van der Waals surface area (Å²) in [5, 5.41) is 0. The quantitative estimate of drug-likeness (QED) is 0.544. The maximum atomic E-state index is 4.47. The van der Waals surface area contributed by atoms with Gasteiger partial charge in [0.2, 0.25) is 0 Å². The third-order valence-corrected chi connectivity index (χ3v) is 3.08. The average Bonchev–Trinajstić information content (AvgIpc) is 2.42. The molecule has 51 valence electrons. The Morgan fingerprint density at radius 1 is 1.50 bits per heavy atom. The van der Waals surface area contributed by atoms with Crippen LogP contribution in [0, 0.1) is 0 Å². The number of aryl methyl sites for hydroxylation is 2. The van der Waals surface area contributed by atoms with Crippen LogP contribution in [0.4, 0.5) is 0 Å².